The van der Waals surface area contributed by atoms with Gasteiger partial charge in [-0.05, 0) is 61.2 Å². The topological polar surface area (TPSA) is 80.3 Å². The van der Waals surface area contributed by atoms with Gasteiger partial charge in [-0.1, -0.05) is 18.2 Å². The van der Waals surface area contributed by atoms with Crippen molar-refractivity contribution in [2.24, 2.45) is 5.92 Å². The highest BCUT2D eigenvalue weighted by atomic mass is 19.4. The number of ether oxygens (including phenoxy) is 1. The van der Waals surface area contributed by atoms with Gasteiger partial charge in [0.25, 0.3) is 5.91 Å². The number of nitrogens with zero attached hydrogens (tertiary/aromatic N) is 1. The van der Waals surface area contributed by atoms with Crippen molar-refractivity contribution in [3.8, 4) is 11.5 Å². The molecule has 176 valence electrons. The van der Waals surface area contributed by atoms with E-state index in [1.165, 1.54) is 12.1 Å². The van der Waals surface area contributed by atoms with Gasteiger partial charge in [-0.2, -0.15) is 13.2 Å². The van der Waals surface area contributed by atoms with Gasteiger partial charge >= 0.3 is 6.18 Å². The number of anilines is 1. The third-order valence-corrected chi connectivity index (χ3v) is 5.22. The Morgan fingerprint density at radius 1 is 1.00 bits per heavy atom. The van der Waals surface area contributed by atoms with Crippen LogP contribution in [-0.4, -0.2) is 23.3 Å². The van der Waals surface area contributed by atoms with E-state index < -0.39 is 17.6 Å². The van der Waals surface area contributed by atoms with Crippen LogP contribution in [0.4, 0.5) is 19.0 Å². The Morgan fingerprint density at radius 3 is 2.53 bits per heavy atom. The number of hydrogen-bond donors (Lipinski definition) is 2. The molecule has 3 aromatic rings. The molecule has 4 rings (SSSR count). The number of pyridine rings is 1. The maximum atomic E-state index is 12.8. The fourth-order valence-corrected chi connectivity index (χ4v) is 3.28. The van der Waals surface area contributed by atoms with E-state index in [1.54, 1.807) is 36.5 Å². The number of rotatable bonds is 8. The zero-order valence-corrected chi connectivity index (χ0v) is 18.1. The highest BCUT2D eigenvalue weighted by molar-refractivity contribution is 5.94. The summed E-state index contributed by atoms with van der Waals surface area (Å²) in [5, 5.41) is 5.41. The molecule has 9 heteroatoms. The second kappa shape index (κ2) is 9.94. The number of halogens is 3. The summed E-state index contributed by atoms with van der Waals surface area (Å²) in [5.41, 5.74) is -0.0382. The lowest BCUT2D eigenvalue weighted by Crippen LogP contribution is -2.26. The molecule has 0 aliphatic heterocycles. The Balaban J connectivity index is 1.32. The van der Waals surface area contributed by atoms with E-state index in [9.17, 15) is 22.8 Å². The first-order valence-corrected chi connectivity index (χ1v) is 10.8. The number of benzene rings is 2. The summed E-state index contributed by atoms with van der Waals surface area (Å²) in [4.78, 5) is 28.3. The zero-order valence-electron chi connectivity index (χ0n) is 18.1. The molecule has 34 heavy (non-hydrogen) atoms. The molecule has 6 nitrogen and oxygen atoms in total. The molecule has 2 amide bonds. The number of aromatic nitrogens is 1. The molecule has 1 heterocycles. The SMILES string of the molecule is O=C(NCCc1cccc(Oc2ccnc(NC(=O)C3CC3)c2)c1)c1cccc(C(F)(F)F)c1. The van der Waals surface area contributed by atoms with Crippen LogP contribution in [0.3, 0.4) is 0 Å². The standard InChI is InChI=1S/C25H22F3N3O3/c26-25(27,28)19-5-2-4-18(14-19)23(32)30-11-9-16-3-1-6-20(13-16)34-21-10-12-29-22(15-21)31-24(33)17-7-8-17/h1-6,10,12-15,17H,7-9,11H2,(H,30,32)(H,29,31,33). The van der Waals surface area contributed by atoms with E-state index in [4.69, 9.17) is 4.74 Å². The fourth-order valence-electron chi connectivity index (χ4n) is 3.28. The molecule has 2 N–H and O–H groups in total. The number of hydrogen-bond acceptors (Lipinski definition) is 4. The molecule has 1 fully saturated rings. The van der Waals surface area contributed by atoms with Gasteiger partial charge in [0.05, 0.1) is 5.56 Å². The van der Waals surface area contributed by atoms with Gasteiger partial charge in [-0.15, -0.1) is 0 Å². The molecule has 1 aromatic heterocycles. The van der Waals surface area contributed by atoms with Gasteiger partial charge < -0.3 is 15.4 Å². The van der Waals surface area contributed by atoms with Crippen molar-refractivity contribution in [3.63, 3.8) is 0 Å². The van der Waals surface area contributed by atoms with Crippen molar-refractivity contribution < 1.29 is 27.5 Å². The smallest absolute Gasteiger partial charge is 0.416 e. The molecule has 0 bridgehead atoms. The van der Waals surface area contributed by atoms with Gasteiger partial charge in [-0.3, -0.25) is 9.59 Å². The monoisotopic (exact) mass is 469 g/mol. The number of nitrogens with one attached hydrogen (secondary N) is 2. The van der Waals surface area contributed by atoms with E-state index >= 15 is 0 Å². The second-order valence-electron chi connectivity index (χ2n) is 7.97. The van der Waals surface area contributed by atoms with Crippen molar-refractivity contribution in [2.45, 2.75) is 25.4 Å². The van der Waals surface area contributed by atoms with Crippen LogP contribution in [0.15, 0.2) is 66.9 Å². The normalized spacial score (nSPS) is 13.3. The lowest BCUT2D eigenvalue weighted by atomic mass is 10.1. The molecule has 0 atom stereocenters. The quantitative estimate of drug-likeness (QED) is 0.475. The Labute approximate surface area is 194 Å². The molecular weight excluding hydrogens is 447 g/mol. The van der Waals surface area contributed by atoms with Crippen LogP contribution in [0.2, 0.25) is 0 Å². The summed E-state index contributed by atoms with van der Waals surface area (Å²) < 4.78 is 44.4. The lowest BCUT2D eigenvalue weighted by Gasteiger charge is -2.11. The summed E-state index contributed by atoms with van der Waals surface area (Å²) >= 11 is 0. The molecule has 0 unspecified atom stereocenters. The maximum Gasteiger partial charge on any atom is 0.416 e. The minimum atomic E-state index is -4.50. The summed E-state index contributed by atoms with van der Waals surface area (Å²) in [6, 6.07) is 14.9. The van der Waals surface area contributed by atoms with Gasteiger partial charge in [0.2, 0.25) is 5.91 Å². The minimum absolute atomic E-state index is 0.0428. The maximum absolute atomic E-state index is 12.8. The zero-order chi connectivity index (χ0) is 24.1. The van der Waals surface area contributed by atoms with Crippen molar-refractivity contribution >= 4 is 17.6 Å². The van der Waals surface area contributed by atoms with Crippen LogP contribution in [0.1, 0.15) is 34.3 Å². The third-order valence-electron chi connectivity index (χ3n) is 5.22. The average molecular weight is 469 g/mol. The van der Waals surface area contributed by atoms with E-state index in [1.807, 2.05) is 6.07 Å². The van der Waals surface area contributed by atoms with Crippen LogP contribution in [0.5, 0.6) is 11.5 Å². The van der Waals surface area contributed by atoms with Gasteiger partial charge in [-0.25, -0.2) is 4.98 Å². The average Bonchev–Trinajstić information content (AvgIpc) is 3.65. The first-order chi connectivity index (χ1) is 16.3. The first-order valence-electron chi connectivity index (χ1n) is 10.8. The van der Waals surface area contributed by atoms with Crippen LogP contribution in [0.25, 0.3) is 0 Å². The predicted molar refractivity (Wildman–Crippen MR) is 120 cm³/mol. The molecule has 1 saturated carbocycles. The Morgan fingerprint density at radius 2 is 1.76 bits per heavy atom. The van der Waals surface area contributed by atoms with Crippen LogP contribution >= 0.6 is 0 Å². The van der Waals surface area contributed by atoms with E-state index in [0.29, 0.717) is 23.7 Å². The Kier molecular flexibility index (Phi) is 6.81. The Hall–Kier alpha value is -3.88. The van der Waals surface area contributed by atoms with Crippen molar-refractivity contribution in [1.29, 1.82) is 0 Å². The summed E-state index contributed by atoms with van der Waals surface area (Å²) in [6.07, 6.45) is -0.703. The minimum Gasteiger partial charge on any atom is -0.457 e. The lowest BCUT2D eigenvalue weighted by molar-refractivity contribution is -0.137. The van der Waals surface area contributed by atoms with Crippen molar-refractivity contribution in [2.75, 3.05) is 11.9 Å². The molecule has 0 saturated heterocycles. The fraction of sp³-hybridized carbons (Fsp3) is 0.240. The number of alkyl halides is 3. The molecular formula is C25H22F3N3O3. The van der Waals surface area contributed by atoms with E-state index in [2.05, 4.69) is 15.6 Å². The number of carbonyl (C=O) groups excluding carboxylic acids is 2. The second-order valence-corrected chi connectivity index (χ2v) is 7.97. The molecule has 2 aromatic carbocycles. The first kappa shape index (κ1) is 23.3. The van der Waals surface area contributed by atoms with E-state index in [-0.39, 0.29) is 23.9 Å². The van der Waals surface area contributed by atoms with Crippen LogP contribution in [-0.2, 0) is 17.4 Å². The summed E-state index contributed by atoms with van der Waals surface area (Å²) in [6.45, 7) is 0.241. The predicted octanol–water partition coefficient (Wildman–Crippen LogP) is 5.21. The highest BCUT2D eigenvalue weighted by Gasteiger charge is 2.31. The molecule has 0 spiro atoms. The van der Waals surface area contributed by atoms with Crippen LogP contribution in [0, 0.1) is 5.92 Å². The van der Waals surface area contributed by atoms with Gasteiger partial charge in [0, 0.05) is 30.3 Å². The highest BCUT2D eigenvalue weighted by Crippen LogP contribution is 2.31. The number of carbonyl (C=O) groups is 2. The van der Waals surface area contributed by atoms with Crippen molar-refractivity contribution in [3.05, 3.63) is 83.6 Å². The number of amides is 2. The van der Waals surface area contributed by atoms with E-state index in [0.717, 1.165) is 30.5 Å². The molecule has 1 aliphatic rings. The Bertz CT molecular complexity index is 1190. The third kappa shape index (κ3) is 6.34. The van der Waals surface area contributed by atoms with Gasteiger partial charge in [0.15, 0.2) is 0 Å². The molecule has 1 aliphatic carbocycles. The molecule has 0 radical (unpaired) electrons. The van der Waals surface area contributed by atoms with Crippen LogP contribution < -0.4 is 15.4 Å². The largest absolute Gasteiger partial charge is 0.457 e. The summed E-state index contributed by atoms with van der Waals surface area (Å²) in [5.74, 6) is 0.943. The van der Waals surface area contributed by atoms with Gasteiger partial charge in [0.1, 0.15) is 17.3 Å². The summed E-state index contributed by atoms with van der Waals surface area (Å²) in [7, 11) is 0. The van der Waals surface area contributed by atoms with Crippen molar-refractivity contribution in [1.82, 2.24) is 10.3 Å².